The second-order valence-electron chi connectivity index (χ2n) is 3.37. The van der Waals surface area contributed by atoms with E-state index >= 15 is 0 Å². The van der Waals surface area contributed by atoms with Gasteiger partial charge in [-0.25, -0.2) is 0 Å². The Hall–Kier alpha value is -0.340. The Morgan fingerprint density at radius 2 is 1.67 bits per heavy atom. The van der Waals surface area contributed by atoms with Crippen molar-refractivity contribution in [1.82, 2.24) is 4.90 Å². The Labute approximate surface area is 74.9 Å². The highest BCUT2D eigenvalue weighted by molar-refractivity contribution is 4.94. The molecule has 0 amide bonds. The molecule has 0 unspecified atom stereocenters. The lowest BCUT2D eigenvalue weighted by molar-refractivity contribution is 0.279. The lowest BCUT2D eigenvalue weighted by atomic mass is 10.2. The third-order valence-corrected chi connectivity index (χ3v) is 2.28. The average Bonchev–Trinajstić information content (AvgIpc) is 2.57. The van der Waals surface area contributed by atoms with Gasteiger partial charge in [-0.3, -0.25) is 4.90 Å². The maximum Gasteiger partial charge on any atom is 0.0431 e. The molecule has 0 aliphatic carbocycles. The molecule has 0 aromatic rings. The predicted molar refractivity (Wildman–Crippen MR) is 51.1 cm³/mol. The number of hydrogen-bond donors (Lipinski definition) is 1. The van der Waals surface area contributed by atoms with Gasteiger partial charge in [0, 0.05) is 19.7 Å². The number of rotatable bonds is 6. The summed E-state index contributed by atoms with van der Waals surface area (Å²) in [5, 5.41) is 8.56. The Morgan fingerprint density at radius 3 is 2.33 bits per heavy atom. The van der Waals surface area contributed by atoms with Crippen LogP contribution in [0.3, 0.4) is 0 Å². The monoisotopic (exact) mass is 169 g/mol. The van der Waals surface area contributed by atoms with E-state index in [0.29, 0.717) is 6.61 Å². The van der Waals surface area contributed by atoms with E-state index in [2.05, 4.69) is 17.1 Å². The van der Waals surface area contributed by atoms with Crippen LogP contribution in [0.1, 0.15) is 25.7 Å². The number of aliphatic hydroxyl groups is 1. The summed E-state index contributed by atoms with van der Waals surface area (Å²) >= 11 is 0. The van der Waals surface area contributed by atoms with Crippen molar-refractivity contribution < 1.29 is 5.11 Å². The third kappa shape index (κ3) is 3.88. The summed E-state index contributed by atoms with van der Waals surface area (Å²) in [5.41, 5.74) is 0. The largest absolute Gasteiger partial charge is 0.396 e. The lowest BCUT2D eigenvalue weighted by Crippen LogP contribution is -2.20. The zero-order valence-electron chi connectivity index (χ0n) is 7.71. The molecule has 0 saturated heterocycles. The topological polar surface area (TPSA) is 23.5 Å². The minimum Gasteiger partial charge on any atom is -0.396 e. The average molecular weight is 169 g/mol. The van der Waals surface area contributed by atoms with E-state index in [1.54, 1.807) is 0 Å². The highest BCUT2D eigenvalue weighted by atomic mass is 16.2. The SMILES string of the molecule is OCCCCCCN1CC=CC1. The summed E-state index contributed by atoms with van der Waals surface area (Å²) in [6.45, 7) is 3.85. The summed E-state index contributed by atoms with van der Waals surface area (Å²) in [5.74, 6) is 0. The fourth-order valence-electron chi connectivity index (χ4n) is 1.51. The fraction of sp³-hybridized carbons (Fsp3) is 0.800. The van der Waals surface area contributed by atoms with Crippen LogP contribution in [0.25, 0.3) is 0 Å². The van der Waals surface area contributed by atoms with Crippen LogP contribution in [0, 0.1) is 0 Å². The molecule has 0 radical (unpaired) electrons. The molecule has 1 aliphatic rings. The molecule has 1 aliphatic heterocycles. The van der Waals surface area contributed by atoms with Gasteiger partial charge in [-0.1, -0.05) is 25.0 Å². The quantitative estimate of drug-likeness (QED) is 0.480. The smallest absolute Gasteiger partial charge is 0.0431 e. The van der Waals surface area contributed by atoms with E-state index in [-0.39, 0.29) is 0 Å². The first-order valence-corrected chi connectivity index (χ1v) is 4.91. The van der Waals surface area contributed by atoms with E-state index in [1.165, 1.54) is 25.8 Å². The number of aliphatic hydroxyl groups excluding tert-OH is 1. The maximum atomic E-state index is 8.56. The van der Waals surface area contributed by atoms with Gasteiger partial charge in [0.25, 0.3) is 0 Å². The van der Waals surface area contributed by atoms with E-state index in [0.717, 1.165) is 19.5 Å². The number of hydrogen-bond acceptors (Lipinski definition) is 2. The summed E-state index contributed by atoms with van der Waals surface area (Å²) in [4.78, 5) is 2.44. The molecule has 0 fully saturated rings. The molecular formula is C10H19NO. The van der Waals surface area contributed by atoms with Crippen LogP contribution in [0.5, 0.6) is 0 Å². The van der Waals surface area contributed by atoms with Crippen LogP contribution in [0.4, 0.5) is 0 Å². The van der Waals surface area contributed by atoms with Crippen LogP contribution in [0.15, 0.2) is 12.2 Å². The molecule has 0 aromatic heterocycles. The zero-order valence-corrected chi connectivity index (χ0v) is 7.71. The molecule has 0 bridgehead atoms. The first-order valence-electron chi connectivity index (χ1n) is 4.91. The Morgan fingerprint density at radius 1 is 1.00 bits per heavy atom. The zero-order chi connectivity index (χ0) is 8.65. The van der Waals surface area contributed by atoms with Crippen molar-refractivity contribution in [3.05, 3.63) is 12.2 Å². The van der Waals surface area contributed by atoms with Gasteiger partial charge < -0.3 is 5.11 Å². The van der Waals surface area contributed by atoms with Crippen molar-refractivity contribution in [2.45, 2.75) is 25.7 Å². The minimum atomic E-state index is 0.352. The molecule has 70 valence electrons. The van der Waals surface area contributed by atoms with Crippen LogP contribution in [-0.2, 0) is 0 Å². The summed E-state index contributed by atoms with van der Waals surface area (Å²) < 4.78 is 0. The van der Waals surface area contributed by atoms with Gasteiger partial charge in [-0.05, 0) is 19.4 Å². The fourth-order valence-corrected chi connectivity index (χ4v) is 1.51. The van der Waals surface area contributed by atoms with Gasteiger partial charge in [-0.2, -0.15) is 0 Å². The van der Waals surface area contributed by atoms with E-state index < -0.39 is 0 Å². The Bertz CT molecular complexity index is 126. The van der Waals surface area contributed by atoms with Gasteiger partial charge >= 0.3 is 0 Å². The van der Waals surface area contributed by atoms with Crippen molar-refractivity contribution in [1.29, 1.82) is 0 Å². The van der Waals surface area contributed by atoms with Crippen molar-refractivity contribution >= 4 is 0 Å². The van der Waals surface area contributed by atoms with Gasteiger partial charge in [0.15, 0.2) is 0 Å². The molecule has 0 aromatic carbocycles. The third-order valence-electron chi connectivity index (χ3n) is 2.28. The lowest BCUT2D eigenvalue weighted by Gasteiger charge is -2.13. The van der Waals surface area contributed by atoms with Crippen LogP contribution in [0.2, 0.25) is 0 Å². The van der Waals surface area contributed by atoms with Gasteiger partial charge in [0.1, 0.15) is 0 Å². The highest BCUT2D eigenvalue weighted by Gasteiger charge is 2.04. The predicted octanol–water partition coefficient (Wildman–Crippen LogP) is 1.41. The molecule has 2 nitrogen and oxygen atoms in total. The van der Waals surface area contributed by atoms with Crippen LogP contribution >= 0.6 is 0 Å². The van der Waals surface area contributed by atoms with E-state index in [4.69, 9.17) is 5.11 Å². The first kappa shape index (κ1) is 9.75. The molecule has 1 heterocycles. The second kappa shape index (κ2) is 6.21. The number of nitrogens with zero attached hydrogens (tertiary/aromatic N) is 1. The van der Waals surface area contributed by atoms with Crippen LogP contribution < -0.4 is 0 Å². The second-order valence-corrected chi connectivity index (χ2v) is 3.37. The molecule has 1 rings (SSSR count). The summed E-state index contributed by atoms with van der Waals surface area (Å²) in [7, 11) is 0. The van der Waals surface area contributed by atoms with Gasteiger partial charge in [0.2, 0.25) is 0 Å². The van der Waals surface area contributed by atoms with Gasteiger partial charge in [-0.15, -0.1) is 0 Å². The normalized spacial score (nSPS) is 17.4. The summed E-state index contributed by atoms with van der Waals surface area (Å²) in [6.07, 6.45) is 9.15. The molecule has 0 atom stereocenters. The van der Waals surface area contributed by atoms with Crippen molar-refractivity contribution in [2.75, 3.05) is 26.2 Å². The number of unbranched alkanes of at least 4 members (excludes halogenated alkanes) is 3. The molecule has 1 N–H and O–H groups in total. The van der Waals surface area contributed by atoms with E-state index in [1.807, 2.05) is 0 Å². The van der Waals surface area contributed by atoms with Crippen LogP contribution in [-0.4, -0.2) is 36.2 Å². The highest BCUT2D eigenvalue weighted by Crippen LogP contribution is 2.04. The van der Waals surface area contributed by atoms with E-state index in [9.17, 15) is 0 Å². The first-order chi connectivity index (χ1) is 5.93. The van der Waals surface area contributed by atoms with Crippen molar-refractivity contribution in [3.8, 4) is 0 Å². The molecular weight excluding hydrogens is 150 g/mol. The van der Waals surface area contributed by atoms with Crippen molar-refractivity contribution in [3.63, 3.8) is 0 Å². The summed E-state index contributed by atoms with van der Waals surface area (Å²) in [6, 6.07) is 0. The molecule has 0 spiro atoms. The Balaban J connectivity index is 1.82. The maximum absolute atomic E-state index is 8.56. The minimum absolute atomic E-state index is 0.352. The molecule has 0 saturated carbocycles. The van der Waals surface area contributed by atoms with Gasteiger partial charge in [0.05, 0.1) is 0 Å². The Kier molecular flexibility index (Phi) is 5.04. The van der Waals surface area contributed by atoms with Crippen molar-refractivity contribution in [2.24, 2.45) is 0 Å². The molecule has 2 heteroatoms. The standard InChI is InChI=1S/C10H19NO/c12-10-6-2-1-3-7-11-8-4-5-9-11/h4-5,12H,1-3,6-10H2. The molecule has 12 heavy (non-hydrogen) atoms.